The first-order chi connectivity index (χ1) is 32.3. The Labute approximate surface area is 411 Å². The van der Waals surface area contributed by atoms with E-state index >= 15 is 0 Å². The molecule has 0 fully saturated rings. The molecule has 3 rings (SSSR count). The van der Waals surface area contributed by atoms with Gasteiger partial charge in [-0.2, -0.15) is 0 Å². The van der Waals surface area contributed by atoms with Crippen LogP contribution in [0.2, 0.25) is 0 Å². The minimum absolute atomic E-state index is 0.0327. The van der Waals surface area contributed by atoms with E-state index in [0.717, 1.165) is 16.2 Å². The summed E-state index contributed by atoms with van der Waals surface area (Å²) in [5, 5.41) is 24.2. The summed E-state index contributed by atoms with van der Waals surface area (Å²) in [6.07, 6.45) is 2.76. The van der Waals surface area contributed by atoms with Crippen molar-refractivity contribution < 1.29 is 48.2 Å². The second-order valence-corrected chi connectivity index (χ2v) is 20.1. The van der Waals surface area contributed by atoms with Gasteiger partial charge in [-0.3, -0.25) is 48.2 Å². The number of anilines is 1. The molecule has 0 bridgehead atoms. The molecule has 0 saturated heterocycles. The van der Waals surface area contributed by atoms with Crippen LogP contribution in [0, 0.1) is 17.8 Å². The molecule has 0 spiro atoms. The molecule has 382 valence electrons. The Morgan fingerprint density at radius 1 is 0.942 bits per heavy atom. The molecular formula is C49H75N9O10S. The second-order valence-electron chi connectivity index (χ2n) is 19.2. The van der Waals surface area contributed by atoms with Gasteiger partial charge in [0.1, 0.15) is 22.5 Å². The van der Waals surface area contributed by atoms with Crippen LogP contribution in [0.3, 0.4) is 0 Å². The molecule has 0 aliphatic carbocycles. The van der Waals surface area contributed by atoms with Crippen molar-refractivity contribution >= 4 is 64.3 Å². The van der Waals surface area contributed by atoms with Crippen molar-refractivity contribution in [1.82, 2.24) is 40.5 Å². The summed E-state index contributed by atoms with van der Waals surface area (Å²) in [5.41, 5.74) is -0.0996. The van der Waals surface area contributed by atoms with Gasteiger partial charge < -0.3 is 40.9 Å². The topological polar surface area (TPSA) is 240 Å². The first-order valence-electron chi connectivity index (χ1n) is 23.5. The zero-order chi connectivity index (χ0) is 51.9. The van der Waals surface area contributed by atoms with Crippen molar-refractivity contribution in [2.24, 2.45) is 17.8 Å². The maximum absolute atomic E-state index is 14.3. The summed E-state index contributed by atoms with van der Waals surface area (Å²) in [6, 6.07) is 2.69. The molecule has 0 saturated carbocycles. The molecule has 0 radical (unpaired) electrons. The average molecular weight is 982 g/mol. The number of ether oxygens (including phenoxy) is 1. The first-order valence-corrected chi connectivity index (χ1v) is 24.4. The van der Waals surface area contributed by atoms with Crippen molar-refractivity contribution in [3.05, 3.63) is 52.0 Å². The Kier molecular flexibility index (Phi) is 22.0. The normalized spacial score (nSPS) is 15.4. The lowest BCUT2D eigenvalue weighted by Crippen LogP contribution is -2.60. The van der Waals surface area contributed by atoms with E-state index in [2.05, 4.69) is 26.3 Å². The fourth-order valence-corrected chi connectivity index (χ4v) is 8.38. The maximum Gasteiger partial charge on any atom is 0.303 e. The van der Waals surface area contributed by atoms with E-state index in [1.54, 1.807) is 69.2 Å². The molecule has 5 N–H and O–H groups in total. The Morgan fingerprint density at radius 2 is 1.59 bits per heavy atom. The van der Waals surface area contributed by atoms with Crippen LogP contribution in [0.15, 0.2) is 35.7 Å². The number of carbonyl (C=O) groups is 8. The SMILES string of the molecule is CC[C@H](C)[C@H](NC(=O)C(C)(C)N(C)C)C(=O)N(C)C(C[C@@H](OC(C)=O)c1nc(C(=O)N[C@@H](Cc2ccc(O)c(NC(=O)CCCN3C(=O)C=CC3=O)c2)CC(C)C(=O)NCCN(C)C)cs1)C(C)C. The summed E-state index contributed by atoms with van der Waals surface area (Å²) in [7, 11) is 9.06. The van der Waals surface area contributed by atoms with Crippen LogP contribution >= 0.6 is 11.3 Å². The number of thiazole rings is 1. The smallest absolute Gasteiger partial charge is 0.303 e. The van der Waals surface area contributed by atoms with Crippen molar-refractivity contribution in [3.8, 4) is 5.75 Å². The summed E-state index contributed by atoms with van der Waals surface area (Å²) < 4.78 is 5.83. The molecular weight excluding hydrogens is 907 g/mol. The lowest BCUT2D eigenvalue weighted by Gasteiger charge is -2.38. The highest BCUT2D eigenvalue weighted by Gasteiger charge is 2.39. The zero-order valence-corrected chi connectivity index (χ0v) is 43.5. The number of benzene rings is 1. The molecule has 2 heterocycles. The standard InChI is InChI=1S/C49H75N9O10S/c1-14-30(4)43(54-48(67)49(7,8)56(11)12)47(66)57(13)37(29(2)3)27-39(68-32(6)59)46-53-36(28-69-46)45(65)51-34(24-31(5)44(64)50-21-23-55(9)10)25-33-17-18-38(60)35(26-33)52-40(61)16-15-22-58-41(62)19-20-42(58)63/h17-20,26,28-31,34,37,39,43,60H,14-16,21-25,27H2,1-13H3,(H,50,64)(H,51,65)(H,52,61)(H,54,67)/t30-,31?,34+,37?,39+,43-/m0/s1. The van der Waals surface area contributed by atoms with Crippen molar-refractivity contribution in [2.75, 3.05) is 60.2 Å². The molecule has 6 atom stereocenters. The number of likely N-dealkylation sites (N-methyl/N-ethyl adjacent to an activating group) is 3. The number of aromatic hydroxyl groups is 1. The van der Waals surface area contributed by atoms with Crippen molar-refractivity contribution in [1.29, 1.82) is 0 Å². The number of amides is 7. The van der Waals surface area contributed by atoms with Gasteiger partial charge in [0.25, 0.3) is 17.7 Å². The Hall–Kier alpha value is -5.73. The number of carbonyl (C=O) groups excluding carboxylic acids is 8. The molecule has 69 heavy (non-hydrogen) atoms. The highest BCUT2D eigenvalue weighted by atomic mass is 32.1. The van der Waals surface area contributed by atoms with Gasteiger partial charge in [0.05, 0.1) is 11.2 Å². The summed E-state index contributed by atoms with van der Waals surface area (Å²) in [4.78, 5) is 115. The van der Waals surface area contributed by atoms with Crippen LogP contribution < -0.4 is 21.3 Å². The molecule has 20 heteroatoms. The quantitative estimate of drug-likeness (QED) is 0.0486. The molecule has 1 aliphatic heterocycles. The van der Waals surface area contributed by atoms with E-state index in [1.165, 1.54) is 25.1 Å². The molecule has 1 aromatic heterocycles. The number of nitrogens with zero attached hydrogens (tertiary/aromatic N) is 5. The van der Waals surface area contributed by atoms with Crippen LogP contribution in [0.1, 0.15) is 115 Å². The van der Waals surface area contributed by atoms with Gasteiger partial charge in [-0.1, -0.05) is 47.1 Å². The van der Waals surface area contributed by atoms with E-state index in [4.69, 9.17) is 4.74 Å². The summed E-state index contributed by atoms with van der Waals surface area (Å²) in [5.74, 6) is -4.31. The Bertz CT molecular complexity index is 2160. The highest BCUT2D eigenvalue weighted by molar-refractivity contribution is 7.09. The lowest BCUT2D eigenvalue weighted by atomic mass is 9.92. The third kappa shape index (κ3) is 17.0. The van der Waals surface area contributed by atoms with Gasteiger partial charge in [-0.25, -0.2) is 4.98 Å². The second kappa shape index (κ2) is 26.3. The van der Waals surface area contributed by atoms with Gasteiger partial charge in [0.15, 0.2) is 6.10 Å². The average Bonchev–Trinajstić information content (AvgIpc) is 3.90. The number of hydrogen-bond acceptors (Lipinski definition) is 14. The molecule has 7 amide bonds. The number of rotatable bonds is 27. The minimum atomic E-state index is -0.935. The lowest BCUT2D eigenvalue weighted by molar-refractivity contribution is -0.149. The van der Waals surface area contributed by atoms with E-state index < -0.39 is 65.3 Å². The Morgan fingerprint density at radius 3 is 2.17 bits per heavy atom. The number of aromatic nitrogens is 1. The number of nitrogens with one attached hydrogen (secondary N) is 4. The van der Waals surface area contributed by atoms with E-state index in [-0.39, 0.29) is 85.3 Å². The molecule has 2 unspecified atom stereocenters. The molecule has 1 aliphatic rings. The van der Waals surface area contributed by atoms with E-state index in [1.807, 2.05) is 46.7 Å². The van der Waals surface area contributed by atoms with Gasteiger partial charge >= 0.3 is 5.97 Å². The third-order valence-electron chi connectivity index (χ3n) is 12.6. The van der Waals surface area contributed by atoms with Gasteiger partial charge in [-0.05, 0) is 90.8 Å². The van der Waals surface area contributed by atoms with Gasteiger partial charge in [0, 0.05) is 82.0 Å². The van der Waals surface area contributed by atoms with Crippen LogP contribution in [0.25, 0.3) is 0 Å². The fourth-order valence-electron chi connectivity index (χ4n) is 7.54. The van der Waals surface area contributed by atoms with Crippen LogP contribution in [0.4, 0.5) is 5.69 Å². The summed E-state index contributed by atoms with van der Waals surface area (Å²) >= 11 is 1.12. The maximum atomic E-state index is 14.3. The van der Waals surface area contributed by atoms with E-state index in [0.29, 0.717) is 30.1 Å². The zero-order valence-electron chi connectivity index (χ0n) is 42.6. The van der Waals surface area contributed by atoms with Gasteiger partial charge in [-0.15, -0.1) is 11.3 Å². The van der Waals surface area contributed by atoms with Crippen LogP contribution in [0.5, 0.6) is 5.75 Å². The molecule has 19 nitrogen and oxygen atoms in total. The minimum Gasteiger partial charge on any atom is -0.506 e. The Balaban J connectivity index is 1.87. The van der Waals surface area contributed by atoms with Crippen molar-refractivity contribution in [3.63, 3.8) is 0 Å². The predicted octanol–water partition coefficient (Wildman–Crippen LogP) is 3.89. The number of hydrogen-bond donors (Lipinski definition) is 5. The third-order valence-corrected chi connectivity index (χ3v) is 13.6. The van der Waals surface area contributed by atoms with Crippen LogP contribution in [-0.2, 0) is 44.7 Å². The van der Waals surface area contributed by atoms with E-state index in [9.17, 15) is 43.5 Å². The number of phenolic OH excluding ortho intramolecular Hbond substituents is 1. The van der Waals surface area contributed by atoms with Crippen molar-refractivity contribution in [2.45, 2.75) is 124 Å². The number of esters is 1. The molecule has 1 aromatic carbocycles. The fraction of sp³-hybridized carbons (Fsp3) is 0.612. The predicted molar refractivity (Wildman–Crippen MR) is 264 cm³/mol. The largest absolute Gasteiger partial charge is 0.506 e. The van der Waals surface area contributed by atoms with Crippen LogP contribution in [-0.4, -0.2) is 156 Å². The number of phenols is 1. The molecule has 2 aromatic rings. The van der Waals surface area contributed by atoms with Gasteiger partial charge in [0.2, 0.25) is 23.6 Å². The highest BCUT2D eigenvalue weighted by Crippen LogP contribution is 2.32. The monoisotopic (exact) mass is 982 g/mol. The number of imide groups is 1. The summed E-state index contributed by atoms with van der Waals surface area (Å²) in [6.45, 7) is 15.5. The first kappa shape index (κ1) is 57.6.